The van der Waals surface area contributed by atoms with Gasteiger partial charge >= 0.3 is 5.97 Å². The average molecular weight is 191 g/mol. The Hall–Kier alpha value is -1.51. The number of hydrogen-bond donors (Lipinski definition) is 2. The molecular weight excluding hydrogens is 178 g/mol. The minimum absolute atomic E-state index is 0.339. The Morgan fingerprint density at radius 2 is 2.29 bits per heavy atom. The molecule has 0 aromatic heterocycles. The van der Waals surface area contributed by atoms with Crippen LogP contribution in [0.4, 0.5) is 5.69 Å². The van der Waals surface area contributed by atoms with Gasteiger partial charge in [0.15, 0.2) is 0 Å². The molecule has 3 heteroatoms. The monoisotopic (exact) mass is 191 g/mol. The average Bonchev–Trinajstić information content (AvgIpc) is 2.99. The van der Waals surface area contributed by atoms with Crippen LogP contribution in [-0.4, -0.2) is 17.6 Å². The van der Waals surface area contributed by atoms with Crippen LogP contribution in [0.25, 0.3) is 0 Å². The number of carboxylic acid groups (broad SMARTS) is 1. The van der Waals surface area contributed by atoms with E-state index in [1.165, 1.54) is 12.8 Å². The van der Waals surface area contributed by atoms with Crippen molar-refractivity contribution in [1.29, 1.82) is 0 Å². The molecule has 0 atom stereocenters. The summed E-state index contributed by atoms with van der Waals surface area (Å²) >= 11 is 0. The summed E-state index contributed by atoms with van der Waals surface area (Å²) < 4.78 is 0. The summed E-state index contributed by atoms with van der Waals surface area (Å²) in [4.78, 5) is 10.7. The van der Waals surface area contributed by atoms with Crippen LogP contribution in [0, 0.1) is 5.92 Å². The number of nitrogens with one attached hydrogen (secondary N) is 1. The van der Waals surface area contributed by atoms with Gasteiger partial charge in [-0.3, -0.25) is 0 Å². The minimum atomic E-state index is -0.875. The molecule has 0 heterocycles. The zero-order chi connectivity index (χ0) is 9.97. The van der Waals surface area contributed by atoms with Gasteiger partial charge < -0.3 is 10.4 Å². The molecule has 2 N–H and O–H groups in total. The molecule has 1 saturated carbocycles. The standard InChI is InChI=1S/C11H13NO2/c13-11(14)9-2-1-3-10(6-9)12-7-8-4-5-8/h1-3,6,8,12H,4-5,7H2,(H,13,14). The highest BCUT2D eigenvalue weighted by Gasteiger charge is 2.20. The van der Waals surface area contributed by atoms with Crippen molar-refractivity contribution in [1.82, 2.24) is 0 Å². The third-order valence-electron chi connectivity index (χ3n) is 2.40. The van der Waals surface area contributed by atoms with Crippen LogP contribution < -0.4 is 5.32 Å². The van der Waals surface area contributed by atoms with Crippen molar-refractivity contribution in [2.45, 2.75) is 12.8 Å². The molecule has 0 spiro atoms. The lowest BCUT2D eigenvalue weighted by molar-refractivity contribution is 0.0697. The molecule has 2 rings (SSSR count). The Bertz CT molecular complexity index is 345. The summed E-state index contributed by atoms with van der Waals surface area (Å²) in [6.07, 6.45) is 2.59. The highest BCUT2D eigenvalue weighted by molar-refractivity contribution is 5.88. The zero-order valence-electron chi connectivity index (χ0n) is 7.86. The molecule has 1 aromatic carbocycles. The Labute approximate surface area is 82.8 Å². The topological polar surface area (TPSA) is 49.3 Å². The molecule has 0 bridgehead atoms. The lowest BCUT2D eigenvalue weighted by Gasteiger charge is -2.05. The smallest absolute Gasteiger partial charge is 0.335 e. The molecule has 0 unspecified atom stereocenters. The Morgan fingerprint density at radius 1 is 1.50 bits per heavy atom. The minimum Gasteiger partial charge on any atom is -0.478 e. The van der Waals surface area contributed by atoms with Crippen molar-refractivity contribution in [3.63, 3.8) is 0 Å². The van der Waals surface area contributed by atoms with Crippen molar-refractivity contribution in [3.8, 4) is 0 Å². The first-order valence-corrected chi connectivity index (χ1v) is 4.83. The van der Waals surface area contributed by atoms with Gasteiger partial charge in [0.1, 0.15) is 0 Å². The van der Waals surface area contributed by atoms with Crippen molar-refractivity contribution >= 4 is 11.7 Å². The fourth-order valence-corrected chi connectivity index (χ4v) is 1.35. The predicted octanol–water partition coefficient (Wildman–Crippen LogP) is 2.21. The highest BCUT2D eigenvalue weighted by Crippen LogP contribution is 2.28. The normalized spacial score (nSPS) is 15.1. The number of carboxylic acids is 1. The van der Waals surface area contributed by atoms with Gasteiger partial charge in [0.05, 0.1) is 5.56 Å². The van der Waals surface area contributed by atoms with Crippen molar-refractivity contribution < 1.29 is 9.90 Å². The van der Waals surface area contributed by atoms with Crippen molar-refractivity contribution in [2.24, 2.45) is 5.92 Å². The van der Waals surface area contributed by atoms with E-state index in [-0.39, 0.29) is 0 Å². The molecule has 1 aliphatic rings. The van der Waals surface area contributed by atoms with Gasteiger partial charge in [-0.15, -0.1) is 0 Å². The largest absolute Gasteiger partial charge is 0.478 e. The van der Waals surface area contributed by atoms with Crippen LogP contribution in [0.5, 0.6) is 0 Å². The molecule has 1 fully saturated rings. The van der Waals surface area contributed by atoms with E-state index in [9.17, 15) is 4.79 Å². The van der Waals surface area contributed by atoms with E-state index in [2.05, 4.69) is 5.32 Å². The van der Waals surface area contributed by atoms with E-state index < -0.39 is 5.97 Å². The van der Waals surface area contributed by atoms with Crippen LogP contribution in [-0.2, 0) is 0 Å². The van der Waals surface area contributed by atoms with Crippen LogP contribution in [0.1, 0.15) is 23.2 Å². The molecule has 0 amide bonds. The summed E-state index contributed by atoms with van der Waals surface area (Å²) in [6.45, 7) is 0.961. The van der Waals surface area contributed by atoms with E-state index in [0.29, 0.717) is 5.56 Å². The molecule has 14 heavy (non-hydrogen) atoms. The van der Waals surface area contributed by atoms with Crippen molar-refractivity contribution in [3.05, 3.63) is 29.8 Å². The summed E-state index contributed by atoms with van der Waals surface area (Å²) in [5, 5.41) is 12.0. The van der Waals surface area contributed by atoms with Gasteiger partial charge in [-0.25, -0.2) is 4.79 Å². The van der Waals surface area contributed by atoms with E-state index in [1.807, 2.05) is 6.07 Å². The SMILES string of the molecule is O=C(O)c1cccc(NCC2CC2)c1. The quantitative estimate of drug-likeness (QED) is 0.767. The maximum Gasteiger partial charge on any atom is 0.335 e. The van der Waals surface area contributed by atoms with E-state index in [4.69, 9.17) is 5.11 Å². The number of benzene rings is 1. The third kappa shape index (κ3) is 2.25. The van der Waals surface area contributed by atoms with Gasteiger partial charge in [-0.2, -0.15) is 0 Å². The summed E-state index contributed by atoms with van der Waals surface area (Å²) in [7, 11) is 0. The summed E-state index contributed by atoms with van der Waals surface area (Å²) in [5.74, 6) is -0.0800. The number of anilines is 1. The second kappa shape index (κ2) is 3.70. The molecule has 0 radical (unpaired) electrons. The van der Waals surface area contributed by atoms with Gasteiger partial charge in [0, 0.05) is 12.2 Å². The Kier molecular flexibility index (Phi) is 2.39. The first kappa shape index (κ1) is 9.06. The van der Waals surface area contributed by atoms with Crippen LogP contribution >= 0.6 is 0 Å². The van der Waals surface area contributed by atoms with Crippen molar-refractivity contribution in [2.75, 3.05) is 11.9 Å². The molecular formula is C11H13NO2. The molecule has 3 nitrogen and oxygen atoms in total. The number of carbonyl (C=O) groups is 1. The van der Waals surface area contributed by atoms with Gasteiger partial charge in [-0.1, -0.05) is 6.07 Å². The third-order valence-corrected chi connectivity index (χ3v) is 2.40. The Morgan fingerprint density at radius 3 is 2.93 bits per heavy atom. The maximum absolute atomic E-state index is 10.7. The highest BCUT2D eigenvalue weighted by atomic mass is 16.4. The lowest BCUT2D eigenvalue weighted by Crippen LogP contribution is -2.04. The zero-order valence-corrected chi connectivity index (χ0v) is 7.86. The first-order chi connectivity index (χ1) is 6.75. The molecule has 0 saturated heterocycles. The summed E-state index contributed by atoms with van der Waals surface area (Å²) in [6, 6.07) is 6.93. The summed E-state index contributed by atoms with van der Waals surface area (Å²) in [5.41, 5.74) is 1.24. The number of aromatic carboxylic acids is 1. The van der Waals surface area contributed by atoms with Gasteiger partial charge in [-0.05, 0) is 37.0 Å². The fraction of sp³-hybridized carbons (Fsp3) is 0.364. The van der Waals surface area contributed by atoms with Crippen LogP contribution in [0.3, 0.4) is 0 Å². The second-order valence-corrected chi connectivity index (χ2v) is 3.71. The second-order valence-electron chi connectivity index (χ2n) is 3.71. The van der Waals surface area contributed by atoms with Gasteiger partial charge in [0.25, 0.3) is 0 Å². The van der Waals surface area contributed by atoms with Crippen LogP contribution in [0.15, 0.2) is 24.3 Å². The van der Waals surface area contributed by atoms with Crippen LogP contribution in [0.2, 0.25) is 0 Å². The van der Waals surface area contributed by atoms with E-state index in [1.54, 1.807) is 18.2 Å². The molecule has 1 aliphatic carbocycles. The fourth-order valence-electron chi connectivity index (χ4n) is 1.35. The van der Waals surface area contributed by atoms with Gasteiger partial charge in [0.2, 0.25) is 0 Å². The van der Waals surface area contributed by atoms with E-state index >= 15 is 0 Å². The molecule has 74 valence electrons. The van der Waals surface area contributed by atoms with E-state index in [0.717, 1.165) is 18.2 Å². The lowest BCUT2D eigenvalue weighted by atomic mass is 10.2. The molecule has 1 aromatic rings. The predicted molar refractivity (Wildman–Crippen MR) is 54.6 cm³/mol. The Balaban J connectivity index is 2.01. The molecule has 0 aliphatic heterocycles. The first-order valence-electron chi connectivity index (χ1n) is 4.83. The maximum atomic E-state index is 10.7. The number of hydrogen-bond acceptors (Lipinski definition) is 2. The number of rotatable bonds is 4.